The van der Waals surface area contributed by atoms with Gasteiger partial charge in [-0.1, -0.05) is 12.1 Å². The van der Waals surface area contributed by atoms with Gasteiger partial charge in [-0.2, -0.15) is 0 Å². The number of anilines is 1. The largest absolute Gasteiger partial charge is 0.440 e. The van der Waals surface area contributed by atoms with Crippen LogP contribution in [0, 0.1) is 0 Å². The van der Waals surface area contributed by atoms with E-state index in [0.717, 1.165) is 20.8 Å². The zero-order valence-corrected chi connectivity index (χ0v) is 13.9. The molecule has 0 aliphatic rings. The third kappa shape index (κ3) is 2.91. The molecule has 0 radical (unpaired) electrons. The molecular formula is C18H11ClN2O2S. The van der Waals surface area contributed by atoms with Crippen LogP contribution in [0.15, 0.2) is 65.1 Å². The van der Waals surface area contributed by atoms with Crippen molar-refractivity contribution in [1.29, 1.82) is 0 Å². The fraction of sp³-hybridized carbons (Fsp3) is 0. The number of carbonyl (C=O) groups is 1. The number of nitrogens with zero attached hydrogens (tertiary/aromatic N) is 1. The predicted octanol–water partition coefficient (Wildman–Crippen LogP) is 5.46. The van der Waals surface area contributed by atoms with Crippen molar-refractivity contribution in [3.05, 3.63) is 71.6 Å². The van der Waals surface area contributed by atoms with Crippen molar-refractivity contribution >= 4 is 44.7 Å². The molecule has 118 valence electrons. The highest BCUT2D eigenvalue weighted by Crippen LogP contribution is 2.30. The van der Waals surface area contributed by atoms with Gasteiger partial charge in [-0.3, -0.25) is 4.79 Å². The number of halogens is 1. The van der Waals surface area contributed by atoms with Crippen LogP contribution in [-0.2, 0) is 0 Å². The highest BCUT2D eigenvalue weighted by molar-refractivity contribution is 7.21. The van der Waals surface area contributed by atoms with E-state index in [0.29, 0.717) is 5.69 Å². The lowest BCUT2D eigenvalue weighted by molar-refractivity contribution is 0.0997. The number of hydrogen-bond acceptors (Lipinski definition) is 4. The molecule has 4 nitrogen and oxygen atoms in total. The van der Waals surface area contributed by atoms with E-state index in [1.807, 2.05) is 42.5 Å². The molecule has 0 aliphatic carbocycles. The minimum atomic E-state index is -0.338. The number of carbonyl (C=O) groups excluding carboxylic acids is 1. The first kappa shape index (κ1) is 14.9. The molecule has 0 spiro atoms. The van der Waals surface area contributed by atoms with E-state index in [4.69, 9.17) is 16.0 Å². The van der Waals surface area contributed by atoms with Crippen molar-refractivity contribution < 1.29 is 9.21 Å². The molecule has 4 rings (SSSR count). The lowest BCUT2D eigenvalue weighted by atomic mass is 10.2. The lowest BCUT2D eigenvalue weighted by Crippen LogP contribution is -2.10. The summed E-state index contributed by atoms with van der Waals surface area (Å²) in [6.45, 7) is 0. The van der Waals surface area contributed by atoms with Gasteiger partial charge in [-0.05, 0) is 60.1 Å². The number of rotatable bonds is 3. The smallest absolute Gasteiger partial charge is 0.291 e. The van der Waals surface area contributed by atoms with Crippen LogP contribution in [-0.4, -0.2) is 10.9 Å². The van der Waals surface area contributed by atoms with Gasteiger partial charge < -0.3 is 9.73 Å². The fourth-order valence-electron chi connectivity index (χ4n) is 2.32. The Bertz CT molecular complexity index is 988. The molecule has 24 heavy (non-hydrogen) atoms. The van der Waals surface area contributed by atoms with Crippen LogP contribution < -0.4 is 5.32 Å². The first-order chi connectivity index (χ1) is 11.7. The van der Waals surface area contributed by atoms with Crippen molar-refractivity contribution in [3.8, 4) is 10.6 Å². The van der Waals surface area contributed by atoms with Gasteiger partial charge in [0.15, 0.2) is 11.0 Å². The Labute approximate surface area is 146 Å². The van der Waals surface area contributed by atoms with Gasteiger partial charge in [0, 0.05) is 11.3 Å². The summed E-state index contributed by atoms with van der Waals surface area (Å²) >= 11 is 7.32. The van der Waals surface area contributed by atoms with E-state index in [2.05, 4.69) is 16.4 Å². The summed E-state index contributed by atoms with van der Waals surface area (Å²) in [6.07, 6.45) is 0. The first-order valence-electron chi connectivity index (χ1n) is 7.22. The Kier molecular flexibility index (Phi) is 3.80. The summed E-state index contributed by atoms with van der Waals surface area (Å²) in [5.41, 5.74) is 2.68. The van der Waals surface area contributed by atoms with Gasteiger partial charge in [0.1, 0.15) is 5.01 Å². The Morgan fingerprint density at radius 3 is 2.54 bits per heavy atom. The van der Waals surface area contributed by atoms with Crippen LogP contribution in [0.5, 0.6) is 0 Å². The normalized spacial score (nSPS) is 10.9. The van der Waals surface area contributed by atoms with Gasteiger partial charge in [-0.15, -0.1) is 11.3 Å². The van der Waals surface area contributed by atoms with E-state index in [9.17, 15) is 4.79 Å². The SMILES string of the molecule is O=C(Nc1ccc(-c2nc3ccccc3s2)cc1)c1ccc(Cl)o1. The summed E-state index contributed by atoms with van der Waals surface area (Å²) in [7, 11) is 0. The van der Waals surface area contributed by atoms with Crippen LogP contribution in [0.25, 0.3) is 20.8 Å². The Balaban J connectivity index is 1.55. The fourth-order valence-corrected chi connectivity index (χ4v) is 3.44. The van der Waals surface area contributed by atoms with Crippen molar-refractivity contribution in [2.75, 3.05) is 5.32 Å². The molecule has 2 aromatic heterocycles. The van der Waals surface area contributed by atoms with Gasteiger partial charge >= 0.3 is 0 Å². The first-order valence-corrected chi connectivity index (χ1v) is 8.41. The van der Waals surface area contributed by atoms with Crippen LogP contribution >= 0.6 is 22.9 Å². The van der Waals surface area contributed by atoms with Crippen molar-refractivity contribution in [2.45, 2.75) is 0 Å². The number of hydrogen-bond donors (Lipinski definition) is 1. The third-order valence-corrected chi connectivity index (χ3v) is 4.77. The van der Waals surface area contributed by atoms with E-state index in [1.54, 1.807) is 11.3 Å². The Morgan fingerprint density at radius 1 is 1.04 bits per heavy atom. The number of aromatic nitrogens is 1. The number of amides is 1. The van der Waals surface area contributed by atoms with E-state index < -0.39 is 0 Å². The number of benzene rings is 2. The lowest BCUT2D eigenvalue weighted by Gasteiger charge is -2.04. The molecule has 0 unspecified atom stereocenters. The topological polar surface area (TPSA) is 55.1 Å². The van der Waals surface area contributed by atoms with Crippen molar-refractivity contribution in [1.82, 2.24) is 4.98 Å². The Hall–Kier alpha value is -2.63. The maximum atomic E-state index is 12.0. The molecular weight excluding hydrogens is 344 g/mol. The number of para-hydroxylation sites is 1. The molecule has 0 saturated heterocycles. The minimum absolute atomic E-state index is 0.176. The van der Waals surface area contributed by atoms with Crippen LogP contribution in [0.3, 0.4) is 0 Å². The van der Waals surface area contributed by atoms with Crippen LogP contribution in [0.1, 0.15) is 10.6 Å². The van der Waals surface area contributed by atoms with Gasteiger partial charge in [0.25, 0.3) is 5.91 Å². The summed E-state index contributed by atoms with van der Waals surface area (Å²) in [5, 5.41) is 3.91. The number of thiazole rings is 1. The highest BCUT2D eigenvalue weighted by atomic mass is 35.5. The molecule has 0 bridgehead atoms. The molecule has 0 fully saturated rings. The third-order valence-electron chi connectivity index (χ3n) is 3.48. The molecule has 6 heteroatoms. The maximum absolute atomic E-state index is 12.0. The van der Waals surface area contributed by atoms with Gasteiger partial charge in [0.05, 0.1) is 10.2 Å². The summed E-state index contributed by atoms with van der Waals surface area (Å²) in [6, 6.07) is 18.6. The second-order valence-corrected chi connectivity index (χ2v) is 6.53. The number of furan rings is 1. The van der Waals surface area contributed by atoms with Crippen LogP contribution in [0.2, 0.25) is 5.22 Å². The molecule has 0 atom stereocenters. The standard InChI is InChI=1S/C18H11ClN2O2S/c19-16-10-9-14(23-16)17(22)20-12-7-5-11(6-8-12)18-21-13-3-1-2-4-15(13)24-18/h1-10H,(H,20,22). The second-order valence-electron chi connectivity index (χ2n) is 5.12. The predicted molar refractivity (Wildman–Crippen MR) is 96.7 cm³/mol. The number of nitrogens with one attached hydrogen (secondary N) is 1. The highest BCUT2D eigenvalue weighted by Gasteiger charge is 2.11. The monoisotopic (exact) mass is 354 g/mol. The molecule has 2 aromatic carbocycles. The molecule has 0 aliphatic heterocycles. The maximum Gasteiger partial charge on any atom is 0.291 e. The van der Waals surface area contributed by atoms with Crippen molar-refractivity contribution in [2.24, 2.45) is 0 Å². The second kappa shape index (κ2) is 6.11. The molecule has 1 N–H and O–H groups in total. The van der Waals surface area contributed by atoms with Crippen LogP contribution in [0.4, 0.5) is 5.69 Å². The molecule has 0 saturated carbocycles. The van der Waals surface area contributed by atoms with Gasteiger partial charge in [-0.25, -0.2) is 4.98 Å². The summed E-state index contributed by atoms with van der Waals surface area (Å²) in [5.74, 6) is -0.162. The molecule has 1 amide bonds. The average molecular weight is 355 g/mol. The number of fused-ring (bicyclic) bond motifs is 1. The van der Waals surface area contributed by atoms with Crippen molar-refractivity contribution in [3.63, 3.8) is 0 Å². The average Bonchev–Trinajstić information content (AvgIpc) is 3.21. The summed E-state index contributed by atoms with van der Waals surface area (Å²) in [4.78, 5) is 16.7. The zero-order chi connectivity index (χ0) is 16.5. The summed E-state index contributed by atoms with van der Waals surface area (Å²) < 4.78 is 6.24. The molecule has 2 heterocycles. The quantitative estimate of drug-likeness (QED) is 0.531. The Morgan fingerprint density at radius 2 is 1.83 bits per heavy atom. The van der Waals surface area contributed by atoms with E-state index >= 15 is 0 Å². The minimum Gasteiger partial charge on any atom is -0.440 e. The molecule has 4 aromatic rings. The van der Waals surface area contributed by atoms with E-state index in [-0.39, 0.29) is 16.9 Å². The van der Waals surface area contributed by atoms with Gasteiger partial charge in [0.2, 0.25) is 0 Å². The van der Waals surface area contributed by atoms with E-state index in [1.165, 1.54) is 12.1 Å². The zero-order valence-electron chi connectivity index (χ0n) is 12.3.